The van der Waals surface area contributed by atoms with Crippen LogP contribution >= 0.6 is 27.3 Å². The summed E-state index contributed by atoms with van der Waals surface area (Å²) in [6.07, 6.45) is 5.50. The standard InChI is InChI=1S/C14H21BrN2S/c1-16-14(12-7-18-8-13(12)15)9-5-10-3-4-11(6-9)17(10)2/h7-11,14,16H,3-6H2,1-2H3. The van der Waals surface area contributed by atoms with Crippen LogP contribution in [0.1, 0.15) is 37.3 Å². The highest BCUT2D eigenvalue weighted by Gasteiger charge is 2.41. The number of piperidine rings is 1. The Bertz CT molecular complexity index is 406. The quantitative estimate of drug-likeness (QED) is 0.911. The molecule has 3 rings (SSSR count). The number of hydrogen-bond donors (Lipinski definition) is 1. The van der Waals surface area contributed by atoms with E-state index in [2.05, 4.69) is 51.0 Å². The lowest BCUT2D eigenvalue weighted by atomic mass is 9.83. The molecule has 2 fully saturated rings. The van der Waals surface area contributed by atoms with E-state index in [-0.39, 0.29) is 0 Å². The molecule has 3 heterocycles. The number of rotatable bonds is 3. The zero-order valence-corrected chi connectivity index (χ0v) is 13.4. The van der Waals surface area contributed by atoms with Gasteiger partial charge in [-0.3, -0.25) is 0 Å². The minimum absolute atomic E-state index is 0.516. The fourth-order valence-electron chi connectivity index (χ4n) is 3.88. The van der Waals surface area contributed by atoms with Gasteiger partial charge in [0.25, 0.3) is 0 Å². The third-order valence-corrected chi connectivity index (χ3v) is 6.65. The Morgan fingerprint density at radius 3 is 2.50 bits per heavy atom. The summed E-state index contributed by atoms with van der Waals surface area (Å²) in [7, 11) is 4.42. The van der Waals surface area contributed by atoms with Gasteiger partial charge in [0.1, 0.15) is 0 Å². The second-order valence-corrected chi connectivity index (χ2v) is 7.32. The number of nitrogens with zero attached hydrogens (tertiary/aromatic N) is 1. The fraction of sp³-hybridized carbons (Fsp3) is 0.714. The summed E-state index contributed by atoms with van der Waals surface area (Å²) >= 11 is 5.49. The summed E-state index contributed by atoms with van der Waals surface area (Å²) in [6.45, 7) is 0. The number of nitrogens with one attached hydrogen (secondary N) is 1. The Morgan fingerprint density at radius 2 is 2.00 bits per heavy atom. The number of thiophene rings is 1. The summed E-state index contributed by atoms with van der Waals surface area (Å²) in [4.78, 5) is 2.62. The van der Waals surface area contributed by atoms with Gasteiger partial charge in [-0.2, -0.15) is 11.3 Å². The first kappa shape index (κ1) is 13.1. The largest absolute Gasteiger partial charge is 0.313 e. The molecule has 1 aromatic heterocycles. The van der Waals surface area contributed by atoms with Gasteiger partial charge in [-0.15, -0.1) is 0 Å². The van der Waals surface area contributed by atoms with E-state index < -0.39 is 0 Å². The fourth-order valence-corrected chi connectivity index (χ4v) is 5.46. The molecule has 2 bridgehead atoms. The van der Waals surface area contributed by atoms with E-state index >= 15 is 0 Å². The molecular weight excluding hydrogens is 308 g/mol. The van der Waals surface area contributed by atoms with E-state index in [1.165, 1.54) is 35.7 Å². The summed E-state index contributed by atoms with van der Waals surface area (Å²) in [5, 5.41) is 8.05. The molecule has 2 nitrogen and oxygen atoms in total. The molecule has 100 valence electrons. The van der Waals surface area contributed by atoms with Crippen LogP contribution in [0.4, 0.5) is 0 Å². The van der Waals surface area contributed by atoms with Crippen molar-refractivity contribution in [1.29, 1.82) is 0 Å². The maximum Gasteiger partial charge on any atom is 0.0366 e. The minimum Gasteiger partial charge on any atom is -0.313 e. The van der Waals surface area contributed by atoms with Crippen LogP contribution in [0.5, 0.6) is 0 Å². The van der Waals surface area contributed by atoms with E-state index in [0.29, 0.717) is 6.04 Å². The topological polar surface area (TPSA) is 15.3 Å². The van der Waals surface area contributed by atoms with E-state index in [9.17, 15) is 0 Å². The Hall–Kier alpha value is 0.1000. The molecule has 0 spiro atoms. The highest BCUT2D eigenvalue weighted by molar-refractivity contribution is 9.10. The molecule has 3 atom stereocenters. The van der Waals surface area contributed by atoms with Crippen molar-refractivity contribution in [1.82, 2.24) is 10.2 Å². The van der Waals surface area contributed by atoms with Crippen LogP contribution in [0.25, 0.3) is 0 Å². The first-order chi connectivity index (χ1) is 8.70. The average Bonchev–Trinajstić information content (AvgIpc) is 2.84. The molecule has 18 heavy (non-hydrogen) atoms. The zero-order valence-electron chi connectivity index (χ0n) is 11.0. The van der Waals surface area contributed by atoms with Gasteiger partial charge >= 0.3 is 0 Å². The molecule has 4 heteroatoms. The van der Waals surface area contributed by atoms with Gasteiger partial charge in [0, 0.05) is 28.0 Å². The molecule has 0 aromatic carbocycles. The number of fused-ring (bicyclic) bond motifs is 2. The highest BCUT2D eigenvalue weighted by Crippen LogP contribution is 2.44. The zero-order chi connectivity index (χ0) is 12.7. The van der Waals surface area contributed by atoms with Gasteiger partial charge in [0.2, 0.25) is 0 Å². The Labute approximate surface area is 122 Å². The average molecular weight is 329 g/mol. The highest BCUT2D eigenvalue weighted by atomic mass is 79.9. The molecule has 0 aliphatic carbocycles. The van der Waals surface area contributed by atoms with Crippen LogP contribution < -0.4 is 5.32 Å². The normalized spacial score (nSPS) is 33.8. The van der Waals surface area contributed by atoms with E-state index in [4.69, 9.17) is 0 Å². The van der Waals surface area contributed by atoms with Crippen LogP contribution in [0.2, 0.25) is 0 Å². The second kappa shape index (κ2) is 5.23. The lowest BCUT2D eigenvalue weighted by Crippen LogP contribution is -2.43. The third-order valence-electron chi connectivity index (χ3n) is 4.89. The van der Waals surface area contributed by atoms with E-state index in [0.717, 1.165) is 18.0 Å². The van der Waals surface area contributed by atoms with Gasteiger partial charge in [-0.05, 0) is 72.6 Å². The van der Waals surface area contributed by atoms with Crippen LogP contribution in [0.3, 0.4) is 0 Å². The molecule has 1 aromatic rings. The van der Waals surface area contributed by atoms with E-state index in [1.54, 1.807) is 11.3 Å². The summed E-state index contributed by atoms with van der Waals surface area (Å²) in [6, 6.07) is 2.16. The maximum absolute atomic E-state index is 3.69. The maximum atomic E-state index is 3.69. The Balaban J connectivity index is 1.80. The minimum atomic E-state index is 0.516. The summed E-state index contributed by atoms with van der Waals surface area (Å²) in [5.41, 5.74) is 1.46. The smallest absolute Gasteiger partial charge is 0.0366 e. The van der Waals surface area contributed by atoms with Crippen molar-refractivity contribution >= 4 is 27.3 Å². The lowest BCUT2D eigenvalue weighted by molar-refractivity contribution is 0.114. The third kappa shape index (κ3) is 2.17. The van der Waals surface area contributed by atoms with Crippen molar-refractivity contribution in [3.8, 4) is 0 Å². The van der Waals surface area contributed by atoms with Crippen LogP contribution in [0, 0.1) is 5.92 Å². The first-order valence-electron chi connectivity index (χ1n) is 6.81. The van der Waals surface area contributed by atoms with Crippen molar-refractivity contribution in [2.75, 3.05) is 14.1 Å². The summed E-state index contributed by atoms with van der Waals surface area (Å²) < 4.78 is 1.28. The van der Waals surface area contributed by atoms with Gasteiger partial charge < -0.3 is 10.2 Å². The monoisotopic (exact) mass is 328 g/mol. The molecule has 0 saturated carbocycles. The summed E-state index contributed by atoms with van der Waals surface area (Å²) in [5.74, 6) is 0.787. The van der Waals surface area contributed by atoms with Crippen molar-refractivity contribution in [3.63, 3.8) is 0 Å². The van der Waals surface area contributed by atoms with Gasteiger partial charge in [0.05, 0.1) is 0 Å². The Kier molecular flexibility index (Phi) is 3.81. The Morgan fingerprint density at radius 1 is 1.33 bits per heavy atom. The molecule has 2 saturated heterocycles. The molecule has 0 amide bonds. The molecule has 1 N–H and O–H groups in total. The molecule has 2 aliphatic heterocycles. The van der Waals surface area contributed by atoms with Crippen LogP contribution in [-0.2, 0) is 0 Å². The lowest BCUT2D eigenvalue weighted by Gasteiger charge is -2.39. The van der Waals surface area contributed by atoms with Gasteiger partial charge in [-0.25, -0.2) is 0 Å². The van der Waals surface area contributed by atoms with Crippen LogP contribution in [0.15, 0.2) is 15.2 Å². The SMILES string of the molecule is CNC(c1cscc1Br)C1CC2CCC(C1)N2C. The number of halogens is 1. The molecular formula is C14H21BrN2S. The van der Waals surface area contributed by atoms with Crippen molar-refractivity contribution in [2.45, 2.75) is 43.8 Å². The van der Waals surface area contributed by atoms with Crippen molar-refractivity contribution in [2.24, 2.45) is 5.92 Å². The van der Waals surface area contributed by atoms with Crippen molar-refractivity contribution in [3.05, 3.63) is 20.8 Å². The molecule has 3 unspecified atom stereocenters. The predicted octanol–water partition coefficient (Wildman–Crippen LogP) is 3.64. The van der Waals surface area contributed by atoms with Crippen molar-refractivity contribution < 1.29 is 0 Å². The van der Waals surface area contributed by atoms with Gasteiger partial charge in [0.15, 0.2) is 0 Å². The number of hydrogen-bond acceptors (Lipinski definition) is 3. The molecule has 2 aliphatic rings. The van der Waals surface area contributed by atoms with E-state index in [1.807, 2.05) is 0 Å². The van der Waals surface area contributed by atoms with Crippen LogP contribution in [-0.4, -0.2) is 31.1 Å². The van der Waals surface area contributed by atoms with Gasteiger partial charge in [-0.1, -0.05) is 0 Å². The second-order valence-electron chi connectivity index (χ2n) is 5.72. The predicted molar refractivity (Wildman–Crippen MR) is 81.1 cm³/mol. The molecule has 0 radical (unpaired) electrons. The first-order valence-corrected chi connectivity index (χ1v) is 8.55.